The summed E-state index contributed by atoms with van der Waals surface area (Å²) in [6.45, 7) is 1.36. The molecule has 3 heterocycles. The maximum absolute atomic E-state index is 12.7. The molecular formula is C19H19N5O2. The van der Waals surface area contributed by atoms with Crippen LogP contribution in [-0.2, 0) is 7.05 Å². The molecule has 0 N–H and O–H groups in total. The van der Waals surface area contributed by atoms with Gasteiger partial charge in [0.05, 0.1) is 6.20 Å². The average Bonchev–Trinajstić information content (AvgIpc) is 3.29. The van der Waals surface area contributed by atoms with Gasteiger partial charge in [-0.15, -0.1) is 0 Å². The van der Waals surface area contributed by atoms with E-state index in [-0.39, 0.29) is 6.03 Å². The maximum Gasteiger partial charge on any atom is 0.338 e. The number of aryl methyl sites for hydroxylation is 1. The van der Waals surface area contributed by atoms with Crippen molar-refractivity contribution in [2.45, 2.75) is 12.8 Å². The number of aromatic nitrogens is 4. The Morgan fingerprint density at radius 2 is 1.85 bits per heavy atom. The number of fused-ring (bicyclic) bond motifs is 1. The summed E-state index contributed by atoms with van der Waals surface area (Å²) in [6.07, 6.45) is 7.18. The zero-order chi connectivity index (χ0) is 18.1. The molecule has 4 rings (SSSR count). The number of amides is 1. The van der Waals surface area contributed by atoms with E-state index < -0.39 is 5.69 Å². The summed E-state index contributed by atoms with van der Waals surface area (Å²) in [5.41, 5.74) is 1.53. The highest BCUT2D eigenvalue weighted by Crippen LogP contribution is 2.14. The van der Waals surface area contributed by atoms with Gasteiger partial charge in [0.15, 0.2) is 11.5 Å². The third kappa shape index (κ3) is 2.81. The van der Waals surface area contributed by atoms with Gasteiger partial charge in [0.25, 0.3) is 0 Å². The lowest BCUT2D eigenvalue weighted by atomic mass is 10.2. The summed E-state index contributed by atoms with van der Waals surface area (Å²) >= 11 is 0. The molecule has 7 heteroatoms. The summed E-state index contributed by atoms with van der Waals surface area (Å²) in [6, 6.07) is 9.53. The van der Waals surface area contributed by atoms with E-state index in [1.165, 1.54) is 9.13 Å². The van der Waals surface area contributed by atoms with Gasteiger partial charge in [0.2, 0.25) is 0 Å². The lowest BCUT2D eigenvalue weighted by molar-refractivity contribution is 0.210. The highest BCUT2D eigenvalue weighted by Gasteiger charge is 2.25. The number of hydrogen-bond acceptors (Lipinski definition) is 4. The standard InChI is InChI=1S/C19H19N5O2/c1-22-17-15(24(18(22)25)19(26)23-11-5-6-12-23)13-20-16(21-17)10-9-14-7-3-2-4-8-14/h2-4,7-10,13H,5-6,11-12H2,1H3. The third-order valence-corrected chi connectivity index (χ3v) is 4.60. The minimum absolute atomic E-state index is 0.297. The zero-order valence-corrected chi connectivity index (χ0v) is 14.5. The van der Waals surface area contributed by atoms with Crippen molar-refractivity contribution in [1.82, 2.24) is 24.0 Å². The zero-order valence-electron chi connectivity index (χ0n) is 14.5. The highest BCUT2D eigenvalue weighted by molar-refractivity contribution is 5.88. The van der Waals surface area contributed by atoms with E-state index in [0.717, 1.165) is 18.4 Å². The molecule has 1 amide bonds. The normalized spacial score (nSPS) is 14.6. The molecule has 0 radical (unpaired) electrons. The first-order chi connectivity index (χ1) is 12.6. The van der Waals surface area contributed by atoms with Crippen molar-refractivity contribution in [1.29, 1.82) is 0 Å². The van der Waals surface area contributed by atoms with Gasteiger partial charge in [-0.25, -0.2) is 24.1 Å². The van der Waals surface area contributed by atoms with Crippen LogP contribution in [0.1, 0.15) is 24.2 Å². The first kappa shape index (κ1) is 16.3. The van der Waals surface area contributed by atoms with Crippen LogP contribution in [-0.4, -0.2) is 43.1 Å². The van der Waals surface area contributed by atoms with Crippen LogP contribution in [0.15, 0.2) is 41.3 Å². The topological polar surface area (TPSA) is 73.0 Å². The Morgan fingerprint density at radius 3 is 2.58 bits per heavy atom. The Hall–Kier alpha value is -3.22. The quantitative estimate of drug-likeness (QED) is 0.712. The van der Waals surface area contributed by atoms with Crippen molar-refractivity contribution in [2.24, 2.45) is 7.05 Å². The second-order valence-electron chi connectivity index (χ2n) is 6.33. The van der Waals surface area contributed by atoms with Gasteiger partial charge in [-0.05, 0) is 24.5 Å². The van der Waals surface area contributed by atoms with E-state index >= 15 is 0 Å². The maximum atomic E-state index is 12.7. The predicted octanol–water partition coefficient (Wildman–Crippen LogP) is 2.36. The van der Waals surface area contributed by atoms with E-state index in [1.54, 1.807) is 24.2 Å². The number of benzene rings is 1. The molecule has 0 bridgehead atoms. The van der Waals surface area contributed by atoms with E-state index in [2.05, 4.69) is 9.97 Å². The SMILES string of the molecule is Cn1c(=O)n(C(=O)N2CCCC2)c2cnc(C=Cc3ccccc3)nc21. The van der Waals surface area contributed by atoms with Gasteiger partial charge < -0.3 is 4.90 Å². The van der Waals surface area contributed by atoms with Gasteiger partial charge in [-0.2, -0.15) is 0 Å². The molecule has 1 fully saturated rings. The fourth-order valence-corrected chi connectivity index (χ4v) is 3.18. The fourth-order valence-electron chi connectivity index (χ4n) is 3.18. The van der Waals surface area contributed by atoms with Gasteiger partial charge in [-0.3, -0.25) is 4.57 Å². The molecule has 0 saturated carbocycles. The first-order valence-corrected chi connectivity index (χ1v) is 8.62. The Morgan fingerprint density at radius 1 is 1.12 bits per heavy atom. The highest BCUT2D eigenvalue weighted by atomic mass is 16.2. The van der Waals surface area contributed by atoms with Gasteiger partial charge >= 0.3 is 11.7 Å². The van der Waals surface area contributed by atoms with Crippen LogP contribution >= 0.6 is 0 Å². The molecule has 26 heavy (non-hydrogen) atoms. The van der Waals surface area contributed by atoms with Crippen LogP contribution < -0.4 is 5.69 Å². The van der Waals surface area contributed by atoms with Crippen molar-refractivity contribution < 1.29 is 4.79 Å². The summed E-state index contributed by atoms with van der Waals surface area (Å²) in [4.78, 5) is 35.7. The van der Waals surface area contributed by atoms with E-state index in [0.29, 0.717) is 30.1 Å². The predicted molar refractivity (Wildman–Crippen MR) is 99.7 cm³/mol. The smallest absolute Gasteiger partial charge is 0.324 e. The van der Waals surface area contributed by atoms with Gasteiger partial charge in [-0.1, -0.05) is 36.4 Å². The number of hydrogen-bond donors (Lipinski definition) is 0. The molecular weight excluding hydrogens is 330 g/mol. The van der Waals surface area contributed by atoms with Crippen molar-refractivity contribution >= 4 is 29.3 Å². The Kier molecular flexibility index (Phi) is 4.12. The summed E-state index contributed by atoms with van der Waals surface area (Å²) in [5, 5.41) is 0. The molecule has 1 saturated heterocycles. The van der Waals surface area contributed by atoms with Crippen LogP contribution in [0.25, 0.3) is 23.3 Å². The minimum Gasteiger partial charge on any atom is -0.324 e. The molecule has 0 atom stereocenters. The molecule has 3 aromatic rings. The first-order valence-electron chi connectivity index (χ1n) is 8.62. The lowest BCUT2D eigenvalue weighted by Crippen LogP contribution is -2.38. The van der Waals surface area contributed by atoms with Crippen LogP contribution in [0, 0.1) is 0 Å². The van der Waals surface area contributed by atoms with E-state index in [4.69, 9.17) is 0 Å². The van der Waals surface area contributed by atoms with Crippen LogP contribution in [0.5, 0.6) is 0 Å². The number of likely N-dealkylation sites (tertiary alicyclic amines) is 1. The van der Waals surface area contributed by atoms with Crippen LogP contribution in [0.4, 0.5) is 4.79 Å². The Labute approximate surface area is 150 Å². The third-order valence-electron chi connectivity index (χ3n) is 4.60. The minimum atomic E-state index is -0.393. The second kappa shape index (κ2) is 6.59. The van der Waals surface area contributed by atoms with Crippen molar-refractivity contribution in [3.8, 4) is 0 Å². The van der Waals surface area contributed by atoms with E-state index in [9.17, 15) is 9.59 Å². The molecule has 1 aliphatic rings. The molecule has 0 aliphatic carbocycles. The van der Waals surface area contributed by atoms with Crippen molar-refractivity contribution in [3.63, 3.8) is 0 Å². The molecule has 7 nitrogen and oxygen atoms in total. The molecule has 0 spiro atoms. The van der Waals surface area contributed by atoms with E-state index in [1.807, 2.05) is 36.4 Å². The molecule has 0 unspecified atom stereocenters. The summed E-state index contributed by atoms with van der Waals surface area (Å²) < 4.78 is 2.57. The molecule has 1 aromatic carbocycles. The fraction of sp³-hybridized carbons (Fsp3) is 0.263. The molecule has 132 valence electrons. The van der Waals surface area contributed by atoms with Gasteiger partial charge in [0, 0.05) is 20.1 Å². The Bertz CT molecular complexity index is 1040. The lowest BCUT2D eigenvalue weighted by Gasteiger charge is -2.14. The van der Waals surface area contributed by atoms with Crippen LogP contribution in [0.3, 0.4) is 0 Å². The number of carbonyl (C=O) groups is 1. The second-order valence-corrected chi connectivity index (χ2v) is 6.33. The molecule has 1 aliphatic heterocycles. The van der Waals surface area contributed by atoms with Gasteiger partial charge in [0.1, 0.15) is 5.52 Å². The Balaban J connectivity index is 1.73. The number of nitrogens with zero attached hydrogens (tertiary/aromatic N) is 5. The molecule has 2 aromatic heterocycles. The van der Waals surface area contributed by atoms with Crippen molar-refractivity contribution in [2.75, 3.05) is 13.1 Å². The van der Waals surface area contributed by atoms with Crippen LogP contribution in [0.2, 0.25) is 0 Å². The number of carbonyl (C=O) groups excluding carboxylic acids is 1. The monoisotopic (exact) mass is 349 g/mol. The van der Waals surface area contributed by atoms with Crippen molar-refractivity contribution in [3.05, 3.63) is 58.4 Å². The number of imidazole rings is 1. The number of rotatable bonds is 2. The summed E-state index contributed by atoms with van der Waals surface area (Å²) in [5.74, 6) is 0.489. The average molecular weight is 349 g/mol. The largest absolute Gasteiger partial charge is 0.338 e. The summed E-state index contributed by atoms with van der Waals surface area (Å²) in [7, 11) is 1.62.